The summed E-state index contributed by atoms with van der Waals surface area (Å²) in [5.41, 5.74) is -0.0345. The van der Waals surface area contributed by atoms with Crippen LogP contribution in [0.15, 0.2) is 12.4 Å². The van der Waals surface area contributed by atoms with Crippen LogP contribution in [0.4, 0.5) is 5.82 Å². The Kier molecular flexibility index (Phi) is 4.69. The molecule has 0 aliphatic carbocycles. The molecule has 0 radical (unpaired) electrons. The minimum absolute atomic E-state index is 0.0345. The van der Waals surface area contributed by atoms with Gasteiger partial charge in [0.05, 0.1) is 12.4 Å². The molecule has 1 aromatic heterocycles. The van der Waals surface area contributed by atoms with Crippen molar-refractivity contribution in [2.24, 2.45) is 0 Å². The summed E-state index contributed by atoms with van der Waals surface area (Å²) < 4.78 is 0. The summed E-state index contributed by atoms with van der Waals surface area (Å²) in [5, 5.41) is 11.9. The van der Waals surface area contributed by atoms with Crippen LogP contribution < -0.4 is 5.32 Å². The maximum Gasteiger partial charge on any atom is 0.356 e. The van der Waals surface area contributed by atoms with Gasteiger partial charge in [-0.25, -0.2) is 9.78 Å². The Morgan fingerprint density at radius 2 is 2.31 bits per heavy atom. The number of carboxylic acid groups (broad SMARTS) is 1. The maximum absolute atomic E-state index is 10.7. The zero-order chi connectivity index (χ0) is 12.0. The van der Waals surface area contributed by atoms with Gasteiger partial charge in [-0.1, -0.05) is 19.8 Å². The van der Waals surface area contributed by atoms with Gasteiger partial charge in [-0.3, -0.25) is 4.98 Å². The van der Waals surface area contributed by atoms with Gasteiger partial charge >= 0.3 is 5.97 Å². The fourth-order valence-electron chi connectivity index (χ4n) is 1.37. The van der Waals surface area contributed by atoms with Gasteiger partial charge in [-0.2, -0.15) is 0 Å². The lowest BCUT2D eigenvalue weighted by Gasteiger charge is -2.13. The Morgan fingerprint density at radius 3 is 2.94 bits per heavy atom. The fraction of sp³-hybridized carbons (Fsp3) is 0.545. The normalized spacial score (nSPS) is 12.1. The first-order valence-corrected chi connectivity index (χ1v) is 5.45. The molecule has 88 valence electrons. The van der Waals surface area contributed by atoms with E-state index >= 15 is 0 Å². The molecule has 0 bridgehead atoms. The minimum Gasteiger partial charge on any atom is -0.476 e. The van der Waals surface area contributed by atoms with Crippen LogP contribution in [-0.2, 0) is 0 Å². The van der Waals surface area contributed by atoms with Crippen LogP contribution >= 0.6 is 0 Å². The van der Waals surface area contributed by atoms with Crippen LogP contribution in [0.2, 0.25) is 0 Å². The Hall–Kier alpha value is -1.65. The Morgan fingerprint density at radius 1 is 1.56 bits per heavy atom. The van der Waals surface area contributed by atoms with E-state index in [2.05, 4.69) is 22.2 Å². The number of aromatic carboxylic acids is 1. The molecule has 2 N–H and O–H groups in total. The molecule has 0 amide bonds. The third-order valence-electron chi connectivity index (χ3n) is 2.24. The molecule has 5 nitrogen and oxygen atoms in total. The lowest BCUT2D eigenvalue weighted by molar-refractivity contribution is 0.0690. The zero-order valence-electron chi connectivity index (χ0n) is 9.60. The van der Waals surface area contributed by atoms with Crippen LogP contribution in [-0.4, -0.2) is 27.1 Å². The monoisotopic (exact) mass is 223 g/mol. The average molecular weight is 223 g/mol. The second-order valence-electron chi connectivity index (χ2n) is 3.78. The molecule has 0 fully saturated rings. The van der Waals surface area contributed by atoms with E-state index in [-0.39, 0.29) is 11.7 Å². The van der Waals surface area contributed by atoms with Crippen LogP contribution in [0, 0.1) is 0 Å². The van der Waals surface area contributed by atoms with E-state index in [1.165, 1.54) is 12.4 Å². The first-order valence-electron chi connectivity index (χ1n) is 5.45. The molecular weight excluding hydrogens is 206 g/mol. The smallest absolute Gasteiger partial charge is 0.356 e. The van der Waals surface area contributed by atoms with Gasteiger partial charge in [0.15, 0.2) is 5.69 Å². The van der Waals surface area contributed by atoms with Crippen molar-refractivity contribution in [3.8, 4) is 0 Å². The van der Waals surface area contributed by atoms with E-state index in [0.29, 0.717) is 5.82 Å². The molecule has 1 aromatic rings. The summed E-state index contributed by atoms with van der Waals surface area (Å²) in [7, 11) is 0. The Balaban J connectivity index is 2.59. The summed E-state index contributed by atoms with van der Waals surface area (Å²) in [5.74, 6) is -0.541. The Labute approximate surface area is 94.9 Å². The summed E-state index contributed by atoms with van der Waals surface area (Å²) in [6.45, 7) is 4.18. The predicted molar refractivity (Wildman–Crippen MR) is 61.6 cm³/mol. The summed E-state index contributed by atoms with van der Waals surface area (Å²) in [6.07, 6.45) is 6.10. The van der Waals surface area contributed by atoms with Gasteiger partial charge in [0.25, 0.3) is 0 Å². The van der Waals surface area contributed by atoms with Crippen molar-refractivity contribution in [2.75, 3.05) is 5.32 Å². The predicted octanol–water partition coefficient (Wildman–Crippen LogP) is 2.17. The van der Waals surface area contributed by atoms with E-state index in [0.717, 1.165) is 19.3 Å². The topological polar surface area (TPSA) is 75.1 Å². The number of carbonyl (C=O) groups is 1. The molecule has 0 spiro atoms. The lowest BCUT2D eigenvalue weighted by atomic mass is 10.1. The van der Waals surface area contributed by atoms with Crippen LogP contribution in [0.25, 0.3) is 0 Å². The van der Waals surface area contributed by atoms with Crippen molar-refractivity contribution in [1.29, 1.82) is 0 Å². The first kappa shape index (κ1) is 12.4. The average Bonchev–Trinajstić information content (AvgIpc) is 2.26. The highest BCUT2D eigenvalue weighted by molar-refractivity contribution is 5.85. The second kappa shape index (κ2) is 6.05. The van der Waals surface area contributed by atoms with Gasteiger partial charge in [-0.15, -0.1) is 0 Å². The number of unbranched alkanes of at least 4 members (excludes halogenated alkanes) is 1. The van der Waals surface area contributed by atoms with Crippen molar-refractivity contribution in [3.05, 3.63) is 18.1 Å². The number of nitrogens with one attached hydrogen (secondary N) is 1. The molecule has 1 rings (SSSR count). The van der Waals surface area contributed by atoms with Crippen molar-refractivity contribution >= 4 is 11.8 Å². The highest BCUT2D eigenvalue weighted by Crippen LogP contribution is 2.08. The van der Waals surface area contributed by atoms with E-state index in [1.54, 1.807) is 0 Å². The number of hydrogen-bond donors (Lipinski definition) is 2. The van der Waals surface area contributed by atoms with Gasteiger partial charge < -0.3 is 10.4 Å². The first-order chi connectivity index (χ1) is 7.63. The largest absolute Gasteiger partial charge is 0.476 e. The number of carboxylic acids is 1. The van der Waals surface area contributed by atoms with Crippen molar-refractivity contribution in [2.45, 2.75) is 39.2 Å². The van der Waals surface area contributed by atoms with Crippen LogP contribution in [0.1, 0.15) is 43.6 Å². The third-order valence-corrected chi connectivity index (χ3v) is 2.24. The molecule has 0 aliphatic heterocycles. The van der Waals surface area contributed by atoms with E-state index in [9.17, 15) is 4.79 Å². The lowest BCUT2D eigenvalue weighted by Crippen LogP contribution is -2.17. The summed E-state index contributed by atoms with van der Waals surface area (Å²) in [6, 6.07) is 0.276. The molecule has 16 heavy (non-hydrogen) atoms. The number of anilines is 1. The third kappa shape index (κ3) is 3.84. The van der Waals surface area contributed by atoms with Gasteiger partial charge in [0, 0.05) is 6.04 Å². The molecule has 0 saturated heterocycles. The van der Waals surface area contributed by atoms with Crippen molar-refractivity contribution < 1.29 is 9.90 Å². The minimum atomic E-state index is -1.06. The van der Waals surface area contributed by atoms with Crippen molar-refractivity contribution in [1.82, 2.24) is 9.97 Å². The zero-order valence-corrected chi connectivity index (χ0v) is 9.60. The quantitative estimate of drug-likeness (QED) is 0.773. The number of rotatable bonds is 6. The number of hydrogen-bond acceptors (Lipinski definition) is 4. The standard InChI is InChI=1S/C11H17N3O2/c1-3-4-5-8(2)13-10-7-12-6-9(14-10)11(15)16/h6-8H,3-5H2,1-2H3,(H,13,14)(H,15,16). The van der Waals surface area contributed by atoms with E-state index < -0.39 is 5.97 Å². The maximum atomic E-state index is 10.7. The number of nitrogens with zero attached hydrogens (tertiary/aromatic N) is 2. The molecule has 0 saturated carbocycles. The van der Waals surface area contributed by atoms with Gasteiger partial charge in [-0.05, 0) is 13.3 Å². The molecule has 0 aliphatic rings. The van der Waals surface area contributed by atoms with Crippen LogP contribution in [0.3, 0.4) is 0 Å². The molecule has 1 atom stereocenters. The molecule has 5 heteroatoms. The van der Waals surface area contributed by atoms with Crippen LogP contribution in [0.5, 0.6) is 0 Å². The molecule has 1 heterocycles. The highest BCUT2D eigenvalue weighted by atomic mass is 16.4. The molecular formula is C11H17N3O2. The van der Waals surface area contributed by atoms with E-state index in [4.69, 9.17) is 5.11 Å². The summed E-state index contributed by atoms with van der Waals surface area (Å²) >= 11 is 0. The second-order valence-corrected chi connectivity index (χ2v) is 3.78. The van der Waals surface area contributed by atoms with Crippen molar-refractivity contribution in [3.63, 3.8) is 0 Å². The van der Waals surface area contributed by atoms with Gasteiger partial charge in [0.1, 0.15) is 5.82 Å². The number of aromatic nitrogens is 2. The van der Waals surface area contributed by atoms with E-state index in [1.807, 2.05) is 6.92 Å². The molecule has 0 aromatic carbocycles. The highest BCUT2D eigenvalue weighted by Gasteiger charge is 2.07. The molecule has 1 unspecified atom stereocenters. The Bertz CT molecular complexity index is 355. The SMILES string of the molecule is CCCCC(C)Nc1cncc(C(=O)O)n1. The summed E-state index contributed by atoms with van der Waals surface area (Å²) in [4.78, 5) is 18.5. The fourth-order valence-corrected chi connectivity index (χ4v) is 1.37. The van der Waals surface area contributed by atoms with Gasteiger partial charge in [0.2, 0.25) is 0 Å².